The minimum atomic E-state index is -0.696. The maximum Gasteiger partial charge on any atom is 0.323 e. The van der Waals surface area contributed by atoms with Gasteiger partial charge in [0.25, 0.3) is 0 Å². The van der Waals surface area contributed by atoms with Gasteiger partial charge in [0, 0.05) is 22.7 Å². The Balaban J connectivity index is 1.50. The standard InChI is InChI=1S/C29H27F2N3O2S/c1-2-36-25-11-5-4-9-23(25)32-29(35)34-17-22-21-8-3-6-12-26(21)37-28(22)33-13-7-10-24(33)27(34)18-14-19(30)16-20(31)15-18/h4-5,7,9-11,13-16,27H,2-3,6,8,12,17H2,1H3,(H,32,35)/t27-/m1/s1. The van der Waals surface area contributed by atoms with Gasteiger partial charge in [0.05, 0.1) is 24.5 Å². The monoisotopic (exact) mass is 519 g/mol. The van der Waals surface area contributed by atoms with E-state index in [9.17, 15) is 13.6 Å². The summed E-state index contributed by atoms with van der Waals surface area (Å²) in [4.78, 5) is 17.1. The van der Waals surface area contributed by atoms with Gasteiger partial charge in [0.1, 0.15) is 28.4 Å². The summed E-state index contributed by atoms with van der Waals surface area (Å²) in [6.45, 7) is 2.67. The number of nitrogens with one attached hydrogen (secondary N) is 1. The van der Waals surface area contributed by atoms with Crippen molar-refractivity contribution in [3.8, 4) is 10.8 Å². The Hall–Kier alpha value is -3.65. The van der Waals surface area contributed by atoms with Crippen molar-refractivity contribution < 1.29 is 18.3 Å². The molecule has 1 N–H and O–H groups in total. The van der Waals surface area contributed by atoms with Crippen LogP contribution >= 0.6 is 11.3 Å². The van der Waals surface area contributed by atoms with Crippen molar-refractivity contribution >= 4 is 23.1 Å². The van der Waals surface area contributed by atoms with E-state index in [1.54, 1.807) is 28.4 Å². The number of nitrogens with zero attached hydrogens (tertiary/aromatic N) is 2. The van der Waals surface area contributed by atoms with Crippen molar-refractivity contribution in [3.05, 3.63) is 99.7 Å². The molecule has 1 aliphatic carbocycles. The number of amides is 2. The Morgan fingerprint density at radius 3 is 2.65 bits per heavy atom. The highest BCUT2D eigenvalue weighted by Crippen LogP contribution is 2.44. The fourth-order valence-corrected chi connectivity index (χ4v) is 6.91. The van der Waals surface area contributed by atoms with Crippen LogP contribution in [0.25, 0.3) is 5.00 Å². The molecule has 5 nitrogen and oxygen atoms in total. The van der Waals surface area contributed by atoms with Crippen LogP contribution in [0, 0.1) is 11.6 Å². The number of thiophene rings is 1. The molecular formula is C29H27F2N3O2S. The molecule has 1 aliphatic heterocycles. The van der Waals surface area contributed by atoms with Crippen LogP contribution in [-0.4, -0.2) is 22.1 Å². The predicted octanol–water partition coefficient (Wildman–Crippen LogP) is 7.23. The first-order chi connectivity index (χ1) is 18.0. The number of halogens is 2. The molecule has 0 unspecified atom stereocenters. The van der Waals surface area contributed by atoms with Crippen LogP contribution in [-0.2, 0) is 19.4 Å². The summed E-state index contributed by atoms with van der Waals surface area (Å²) in [7, 11) is 0. The van der Waals surface area contributed by atoms with E-state index in [-0.39, 0.29) is 6.03 Å². The van der Waals surface area contributed by atoms with Crippen molar-refractivity contribution in [2.75, 3.05) is 11.9 Å². The van der Waals surface area contributed by atoms with E-state index in [2.05, 4.69) is 9.88 Å². The highest BCUT2D eigenvalue weighted by molar-refractivity contribution is 7.15. The molecule has 0 spiro atoms. The number of ether oxygens (including phenoxy) is 1. The molecule has 4 aromatic rings. The summed E-state index contributed by atoms with van der Waals surface area (Å²) < 4.78 is 36.7. The van der Waals surface area contributed by atoms with Gasteiger partial charge in [-0.25, -0.2) is 13.6 Å². The predicted molar refractivity (Wildman–Crippen MR) is 141 cm³/mol. The fraction of sp³-hybridized carbons (Fsp3) is 0.276. The Bertz CT molecular complexity index is 1460. The quantitative estimate of drug-likeness (QED) is 0.309. The third-order valence-electron chi connectivity index (χ3n) is 7.07. The lowest BCUT2D eigenvalue weighted by Crippen LogP contribution is -2.38. The van der Waals surface area contributed by atoms with Crippen LogP contribution in [0.4, 0.5) is 19.3 Å². The van der Waals surface area contributed by atoms with Gasteiger partial charge in [0.15, 0.2) is 0 Å². The summed E-state index contributed by atoms with van der Waals surface area (Å²) in [6, 6.07) is 13.6. The lowest BCUT2D eigenvalue weighted by Gasteiger charge is -2.31. The number of aryl methyl sites for hydroxylation is 1. The minimum absolute atomic E-state index is 0.328. The Labute approximate surface area is 218 Å². The summed E-state index contributed by atoms with van der Waals surface area (Å²) in [6.07, 6.45) is 6.26. The number of benzene rings is 2. The molecular weight excluding hydrogens is 492 g/mol. The topological polar surface area (TPSA) is 46.5 Å². The molecule has 6 rings (SSSR count). The second kappa shape index (κ2) is 9.67. The van der Waals surface area contributed by atoms with Gasteiger partial charge in [-0.3, -0.25) is 0 Å². The van der Waals surface area contributed by atoms with Crippen LogP contribution < -0.4 is 10.1 Å². The van der Waals surface area contributed by atoms with Crippen molar-refractivity contribution in [1.82, 2.24) is 9.47 Å². The largest absolute Gasteiger partial charge is 0.492 e. The molecule has 0 saturated carbocycles. The van der Waals surface area contributed by atoms with Crippen molar-refractivity contribution in [3.63, 3.8) is 0 Å². The normalized spacial score (nSPS) is 16.4. The molecule has 3 heterocycles. The summed E-state index contributed by atoms with van der Waals surface area (Å²) in [5.41, 5.74) is 4.14. The molecule has 37 heavy (non-hydrogen) atoms. The number of para-hydroxylation sites is 2. The number of hydrogen-bond donors (Lipinski definition) is 1. The highest BCUT2D eigenvalue weighted by atomic mass is 32.1. The average Bonchev–Trinajstić information content (AvgIpc) is 3.46. The van der Waals surface area contributed by atoms with Gasteiger partial charge in [-0.15, -0.1) is 11.3 Å². The number of anilines is 1. The third-order valence-corrected chi connectivity index (χ3v) is 8.40. The van der Waals surface area contributed by atoms with Gasteiger partial charge < -0.3 is 19.5 Å². The van der Waals surface area contributed by atoms with Crippen LogP contribution in [0.5, 0.6) is 5.75 Å². The molecule has 0 saturated heterocycles. The Kier molecular flexibility index (Phi) is 6.20. The molecule has 0 bridgehead atoms. The molecule has 2 aromatic heterocycles. The molecule has 8 heteroatoms. The van der Waals surface area contributed by atoms with E-state index in [0.29, 0.717) is 30.2 Å². The molecule has 2 aromatic carbocycles. The Morgan fingerprint density at radius 2 is 1.84 bits per heavy atom. The molecule has 2 amide bonds. The van der Waals surface area contributed by atoms with E-state index < -0.39 is 17.7 Å². The third kappa shape index (κ3) is 4.29. The molecule has 2 aliphatic rings. The maximum absolute atomic E-state index is 14.4. The fourth-order valence-electron chi connectivity index (χ4n) is 5.51. The van der Waals surface area contributed by atoms with Gasteiger partial charge in [0.2, 0.25) is 0 Å². The second-order valence-corrected chi connectivity index (χ2v) is 10.5. The number of urea groups is 1. The number of carbonyl (C=O) groups excluding carboxylic acids is 1. The first-order valence-electron chi connectivity index (χ1n) is 12.6. The number of aromatic nitrogens is 1. The number of rotatable bonds is 4. The zero-order valence-corrected chi connectivity index (χ0v) is 21.3. The lowest BCUT2D eigenvalue weighted by atomic mass is 9.95. The summed E-state index contributed by atoms with van der Waals surface area (Å²) in [5.74, 6) is -0.781. The van der Waals surface area contributed by atoms with Crippen LogP contribution in [0.15, 0.2) is 60.8 Å². The van der Waals surface area contributed by atoms with Gasteiger partial charge in [-0.1, -0.05) is 12.1 Å². The highest BCUT2D eigenvalue weighted by Gasteiger charge is 2.36. The smallest absolute Gasteiger partial charge is 0.323 e. The minimum Gasteiger partial charge on any atom is -0.492 e. The van der Waals surface area contributed by atoms with E-state index in [4.69, 9.17) is 4.74 Å². The zero-order chi connectivity index (χ0) is 25.5. The van der Waals surface area contributed by atoms with E-state index in [0.717, 1.165) is 48.0 Å². The first kappa shape index (κ1) is 23.7. The Morgan fingerprint density at radius 1 is 1.05 bits per heavy atom. The molecule has 0 radical (unpaired) electrons. The van der Waals surface area contributed by atoms with Crippen molar-refractivity contribution in [2.24, 2.45) is 0 Å². The second-order valence-electron chi connectivity index (χ2n) is 9.39. The van der Waals surface area contributed by atoms with E-state index >= 15 is 0 Å². The molecule has 1 atom stereocenters. The van der Waals surface area contributed by atoms with E-state index in [1.807, 2.05) is 37.4 Å². The first-order valence-corrected chi connectivity index (χ1v) is 13.4. The van der Waals surface area contributed by atoms with Crippen molar-refractivity contribution in [2.45, 2.75) is 45.2 Å². The van der Waals surface area contributed by atoms with Crippen LogP contribution in [0.2, 0.25) is 0 Å². The lowest BCUT2D eigenvalue weighted by molar-refractivity contribution is 0.194. The molecule has 0 fully saturated rings. The van der Waals surface area contributed by atoms with Crippen LogP contribution in [0.1, 0.15) is 53.1 Å². The number of hydrogen-bond acceptors (Lipinski definition) is 3. The summed E-state index contributed by atoms with van der Waals surface area (Å²) in [5, 5.41) is 4.10. The zero-order valence-electron chi connectivity index (χ0n) is 20.5. The van der Waals surface area contributed by atoms with Crippen molar-refractivity contribution in [1.29, 1.82) is 0 Å². The maximum atomic E-state index is 14.4. The summed E-state index contributed by atoms with van der Waals surface area (Å²) >= 11 is 1.77. The van der Waals surface area contributed by atoms with E-state index in [1.165, 1.54) is 22.6 Å². The average molecular weight is 520 g/mol. The SMILES string of the molecule is CCOc1ccccc1NC(=O)N1Cc2c(sc3c2CCCC3)-n2cccc2[C@H]1c1cc(F)cc(F)c1. The van der Waals surface area contributed by atoms with Gasteiger partial charge >= 0.3 is 6.03 Å². The number of carbonyl (C=O) groups is 1. The van der Waals surface area contributed by atoms with Gasteiger partial charge in [-0.05, 0) is 80.1 Å². The molecule has 190 valence electrons. The number of fused-ring (bicyclic) bond motifs is 5. The van der Waals surface area contributed by atoms with Crippen LogP contribution in [0.3, 0.4) is 0 Å². The van der Waals surface area contributed by atoms with Gasteiger partial charge in [-0.2, -0.15) is 0 Å².